The van der Waals surface area contributed by atoms with Crippen LogP contribution < -0.4 is 10.2 Å². The number of fused-ring (bicyclic) bond motifs is 3. The van der Waals surface area contributed by atoms with Gasteiger partial charge in [-0.2, -0.15) is 4.73 Å². The Morgan fingerprint density at radius 3 is 2.81 bits per heavy atom. The Kier molecular flexibility index (Phi) is 4.47. The van der Waals surface area contributed by atoms with Gasteiger partial charge < -0.3 is 10.2 Å². The Labute approximate surface area is 151 Å². The minimum atomic E-state index is -0.288. The molecule has 1 aliphatic heterocycles. The van der Waals surface area contributed by atoms with Crippen molar-refractivity contribution in [3.63, 3.8) is 0 Å². The molecule has 0 spiro atoms. The number of rotatable bonds is 4. The van der Waals surface area contributed by atoms with Gasteiger partial charge in [0.15, 0.2) is 0 Å². The Hall–Kier alpha value is -2.66. The van der Waals surface area contributed by atoms with Gasteiger partial charge in [-0.15, -0.1) is 0 Å². The number of halogens is 1. The summed E-state index contributed by atoms with van der Waals surface area (Å²) in [6.45, 7) is 3.60. The number of nitrogens with zero attached hydrogens (tertiary/aromatic N) is 1. The van der Waals surface area contributed by atoms with Gasteiger partial charge in [0.25, 0.3) is 0 Å². The van der Waals surface area contributed by atoms with E-state index in [1.165, 1.54) is 17.7 Å². The lowest BCUT2D eigenvalue weighted by Gasteiger charge is -2.17. The smallest absolute Gasteiger partial charge is 0.333 e. The van der Waals surface area contributed by atoms with E-state index >= 15 is 0 Å². The number of benzene rings is 2. The first-order chi connectivity index (χ1) is 12.6. The zero-order valence-corrected chi connectivity index (χ0v) is 14.7. The van der Waals surface area contributed by atoms with Gasteiger partial charge >= 0.3 is 5.97 Å². The van der Waals surface area contributed by atoms with Gasteiger partial charge in [-0.3, -0.25) is 0 Å². The highest BCUT2D eigenvalue weighted by Gasteiger charge is 2.22. The van der Waals surface area contributed by atoms with E-state index in [-0.39, 0.29) is 24.1 Å². The lowest BCUT2D eigenvalue weighted by atomic mass is 9.98. The molecule has 1 unspecified atom stereocenters. The molecule has 0 amide bonds. The maximum atomic E-state index is 13.1. The van der Waals surface area contributed by atoms with Gasteiger partial charge in [0.1, 0.15) is 5.82 Å². The summed E-state index contributed by atoms with van der Waals surface area (Å²) >= 11 is 0. The lowest BCUT2D eigenvalue weighted by Crippen LogP contribution is -2.28. The van der Waals surface area contributed by atoms with Crippen LogP contribution in [0.2, 0.25) is 0 Å². The first-order valence-corrected chi connectivity index (χ1v) is 8.92. The molecule has 0 saturated carbocycles. The van der Waals surface area contributed by atoms with E-state index in [0.717, 1.165) is 41.7 Å². The van der Waals surface area contributed by atoms with E-state index in [4.69, 9.17) is 4.84 Å². The first-order valence-electron chi connectivity index (χ1n) is 8.92. The van der Waals surface area contributed by atoms with Crippen LogP contribution in [0.5, 0.6) is 0 Å². The second-order valence-electron chi connectivity index (χ2n) is 6.78. The summed E-state index contributed by atoms with van der Waals surface area (Å²) in [5.74, 6) is -0.603. The normalized spacial score (nSPS) is 14.8. The van der Waals surface area contributed by atoms with Gasteiger partial charge in [-0.05, 0) is 35.2 Å². The first kappa shape index (κ1) is 16.8. The quantitative estimate of drug-likeness (QED) is 0.781. The van der Waals surface area contributed by atoms with Crippen LogP contribution in [0.3, 0.4) is 0 Å². The second-order valence-corrected chi connectivity index (χ2v) is 6.78. The fourth-order valence-corrected chi connectivity index (χ4v) is 3.60. The number of hydrogen-bond donors (Lipinski definition) is 1. The van der Waals surface area contributed by atoms with Crippen molar-refractivity contribution in [2.24, 2.45) is 0 Å². The van der Waals surface area contributed by atoms with Crippen molar-refractivity contribution in [2.75, 3.05) is 6.54 Å². The van der Waals surface area contributed by atoms with Crippen molar-refractivity contribution in [1.29, 1.82) is 0 Å². The largest absolute Gasteiger partial charge is 0.336 e. The summed E-state index contributed by atoms with van der Waals surface area (Å²) in [6.07, 6.45) is 1.07. The summed E-state index contributed by atoms with van der Waals surface area (Å²) in [4.78, 5) is 18.3. The fourth-order valence-electron chi connectivity index (χ4n) is 3.60. The van der Waals surface area contributed by atoms with Gasteiger partial charge in [-0.25, -0.2) is 9.18 Å². The van der Waals surface area contributed by atoms with E-state index in [1.54, 1.807) is 16.9 Å². The van der Waals surface area contributed by atoms with E-state index in [1.807, 2.05) is 25.1 Å². The summed E-state index contributed by atoms with van der Waals surface area (Å²) in [7, 11) is 0. The molecule has 134 valence electrons. The van der Waals surface area contributed by atoms with Gasteiger partial charge in [0, 0.05) is 24.9 Å². The van der Waals surface area contributed by atoms with Crippen LogP contribution in [0.4, 0.5) is 4.39 Å². The summed E-state index contributed by atoms with van der Waals surface area (Å²) in [5.41, 5.74) is 4.11. The molecule has 2 heterocycles. The summed E-state index contributed by atoms with van der Waals surface area (Å²) in [5, 5.41) is 4.49. The average molecular weight is 352 g/mol. The van der Waals surface area contributed by atoms with E-state index in [2.05, 4.69) is 11.4 Å². The third kappa shape index (κ3) is 3.10. The molecule has 0 saturated heterocycles. The minimum absolute atomic E-state index is 0.0394. The number of carbonyl (C=O) groups is 1. The molecule has 1 N–H and O–H groups in total. The zero-order chi connectivity index (χ0) is 18.1. The van der Waals surface area contributed by atoms with Crippen LogP contribution in [0, 0.1) is 5.82 Å². The number of carbonyl (C=O) groups excluding carboxylic acids is 1. The number of para-hydroxylation sites is 1. The topological polar surface area (TPSA) is 43.3 Å². The molecule has 3 aromatic rings. The standard InChI is InChI=1S/C21H21FN2O2/c1-14(15-6-8-16(22)9-7-15)12-21(25)26-24-19-5-3-2-4-17(19)18-13-23-11-10-20(18)24/h2-9,14,23H,10-13H2,1H3. The van der Waals surface area contributed by atoms with Crippen LogP contribution in [0.1, 0.15) is 36.1 Å². The summed E-state index contributed by atoms with van der Waals surface area (Å²) < 4.78 is 14.8. The highest BCUT2D eigenvalue weighted by Crippen LogP contribution is 2.28. The van der Waals surface area contributed by atoms with Crippen molar-refractivity contribution in [1.82, 2.24) is 10.0 Å². The highest BCUT2D eigenvalue weighted by atomic mass is 19.1. The molecule has 5 heteroatoms. The predicted octanol–water partition coefficient (Wildman–Crippen LogP) is 3.58. The number of nitrogens with one attached hydrogen (secondary N) is 1. The van der Waals surface area contributed by atoms with Crippen LogP contribution in [-0.4, -0.2) is 17.2 Å². The second kappa shape index (κ2) is 6.92. The lowest BCUT2D eigenvalue weighted by molar-refractivity contribution is -0.144. The van der Waals surface area contributed by atoms with Crippen molar-refractivity contribution >= 4 is 16.9 Å². The van der Waals surface area contributed by atoms with E-state index < -0.39 is 0 Å². The third-order valence-electron chi connectivity index (χ3n) is 4.99. The monoisotopic (exact) mass is 352 g/mol. The van der Waals surface area contributed by atoms with Crippen LogP contribution in [0.25, 0.3) is 10.9 Å². The van der Waals surface area contributed by atoms with Crippen LogP contribution >= 0.6 is 0 Å². The van der Waals surface area contributed by atoms with Gasteiger partial charge in [0.2, 0.25) is 0 Å². The van der Waals surface area contributed by atoms with Crippen molar-refractivity contribution in [3.05, 3.63) is 71.2 Å². The molecule has 0 bridgehead atoms. The van der Waals surface area contributed by atoms with Gasteiger partial charge in [0.05, 0.1) is 17.6 Å². The Morgan fingerprint density at radius 2 is 2.00 bits per heavy atom. The highest BCUT2D eigenvalue weighted by molar-refractivity contribution is 5.86. The van der Waals surface area contributed by atoms with Crippen LogP contribution in [-0.2, 0) is 17.8 Å². The van der Waals surface area contributed by atoms with Crippen molar-refractivity contribution in [3.8, 4) is 0 Å². The molecule has 4 nitrogen and oxygen atoms in total. The molecular weight excluding hydrogens is 331 g/mol. The number of aromatic nitrogens is 1. The summed E-state index contributed by atoms with van der Waals surface area (Å²) in [6, 6.07) is 14.3. The molecule has 0 radical (unpaired) electrons. The van der Waals surface area contributed by atoms with Crippen LogP contribution in [0.15, 0.2) is 48.5 Å². The molecule has 1 atom stereocenters. The molecule has 1 aliphatic rings. The van der Waals surface area contributed by atoms with E-state index in [9.17, 15) is 9.18 Å². The molecule has 26 heavy (non-hydrogen) atoms. The molecule has 0 aliphatic carbocycles. The molecular formula is C21H21FN2O2. The molecule has 2 aromatic carbocycles. The molecule has 1 aromatic heterocycles. The zero-order valence-electron chi connectivity index (χ0n) is 14.7. The Balaban J connectivity index is 1.57. The maximum Gasteiger partial charge on any atom is 0.333 e. The van der Waals surface area contributed by atoms with E-state index in [0.29, 0.717) is 0 Å². The predicted molar refractivity (Wildman–Crippen MR) is 98.4 cm³/mol. The minimum Gasteiger partial charge on any atom is -0.336 e. The van der Waals surface area contributed by atoms with Crippen molar-refractivity contribution in [2.45, 2.75) is 32.2 Å². The Bertz CT molecular complexity index is 947. The maximum absolute atomic E-state index is 13.1. The molecule has 0 fully saturated rings. The Morgan fingerprint density at radius 1 is 1.23 bits per heavy atom. The SMILES string of the molecule is CC(CC(=O)On1c2c(c3ccccc31)CNCC2)c1ccc(F)cc1. The third-order valence-corrected chi connectivity index (χ3v) is 4.99. The number of hydrogen-bond acceptors (Lipinski definition) is 3. The van der Waals surface area contributed by atoms with Crippen molar-refractivity contribution < 1.29 is 14.0 Å². The van der Waals surface area contributed by atoms with Gasteiger partial charge in [-0.1, -0.05) is 37.3 Å². The average Bonchev–Trinajstić information content (AvgIpc) is 2.96. The molecule has 4 rings (SSSR count). The fraction of sp³-hybridized carbons (Fsp3) is 0.286.